The molecule has 0 aliphatic rings. The van der Waals surface area contributed by atoms with Gasteiger partial charge in [0.05, 0.1) is 18.6 Å². The number of aromatic amines is 1. The minimum Gasteiger partial charge on any atom is -0.497 e. The van der Waals surface area contributed by atoms with Crippen LogP contribution in [0.25, 0.3) is 10.9 Å². The molecule has 1 aromatic heterocycles. The summed E-state index contributed by atoms with van der Waals surface area (Å²) in [7, 11) is -2.30. The Kier molecular flexibility index (Phi) is 7.00. The third-order valence-corrected chi connectivity index (χ3v) is 7.26. The molecule has 0 radical (unpaired) electrons. The maximum atomic E-state index is 13.5. The summed E-state index contributed by atoms with van der Waals surface area (Å²) in [6, 6.07) is 22.5. The topological polar surface area (TPSA) is 88.7 Å². The minimum atomic E-state index is -3.88. The van der Waals surface area contributed by atoms with Crippen molar-refractivity contribution in [3.05, 3.63) is 100 Å². The molecule has 0 saturated heterocycles. The van der Waals surface area contributed by atoms with E-state index in [0.29, 0.717) is 29.2 Å². The summed E-state index contributed by atoms with van der Waals surface area (Å²) in [6.45, 7) is 2.42. The molecule has 0 spiro atoms. The number of pyridine rings is 1. The van der Waals surface area contributed by atoms with E-state index in [1.54, 1.807) is 67.8 Å². The molecule has 176 valence electrons. The van der Waals surface area contributed by atoms with Gasteiger partial charge in [0.1, 0.15) is 11.5 Å². The number of sulfonamides is 1. The van der Waals surface area contributed by atoms with Crippen molar-refractivity contribution < 1.29 is 17.9 Å². The first-order valence-corrected chi connectivity index (χ1v) is 12.3. The van der Waals surface area contributed by atoms with Gasteiger partial charge < -0.3 is 14.5 Å². The molecule has 0 saturated carbocycles. The van der Waals surface area contributed by atoms with Gasteiger partial charge in [-0.15, -0.1) is 0 Å². The van der Waals surface area contributed by atoms with Gasteiger partial charge in [-0.25, -0.2) is 8.42 Å². The van der Waals surface area contributed by atoms with Crippen molar-refractivity contribution in [3.63, 3.8) is 0 Å². The van der Waals surface area contributed by atoms with Gasteiger partial charge in [-0.05, 0) is 61.0 Å². The zero-order chi connectivity index (χ0) is 24.1. The highest BCUT2D eigenvalue weighted by Crippen LogP contribution is 2.24. The second kappa shape index (κ2) is 10.1. The predicted molar refractivity (Wildman–Crippen MR) is 132 cm³/mol. The van der Waals surface area contributed by atoms with Gasteiger partial charge in [0, 0.05) is 29.6 Å². The second-order valence-electron chi connectivity index (χ2n) is 7.74. The lowest BCUT2D eigenvalue weighted by Crippen LogP contribution is -2.32. The number of hydrogen-bond acceptors (Lipinski definition) is 5. The smallest absolute Gasteiger partial charge is 0.252 e. The highest BCUT2D eigenvalue weighted by atomic mass is 32.2. The average Bonchev–Trinajstić information content (AvgIpc) is 2.85. The van der Waals surface area contributed by atoms with Crippen LogP contribution in [0, 0.1) is 0 Å². The third-order valence-electron chi connectivity index (χ3n) is 5.45. The maximum absolute atomic E-state index is 13.5. The number of hydrogen-bond donors (Lipinski definition) is 1. The van der Waals surface area contributed by atoms with E-state index < -0.39 is 10.0 Å². The molecular weight excluding hydrogens is 452 g/mol. The molecule has 0 atom stereocenters. The predicted octanol–water partition coefficient (Wildman–Crippen LogP) is 4.33. The quantitative estimate of drug-likeness (QED) is 0.387. The minimum absolute atomic E-state index is 0.0899. The van der Waals surface area contributed by atoms with E-state index in [4.69, 9.17) is 9.47 Å². The molecule has 0 unspecified atom stereocenters. The van der Waals surface area contributed by atoms with Gasteiger partial charge in [0.15, 0.2) is 0 Å². The molecule has 8 heteroatoms. The summed E-state index contributed by atoms with van der Waals surface area (Å²) >= 11 is 0. The molecule has 0 aliphatic carbocycles. The summed E-state index contributed by atoms with van der Waals surface area (Å²) in [6.07, 6.45) is 0. The molecule has 3 aromatic carbocycles. The van der Waals surface area contributed by atoms with E-state index >= 15 is 0 Å². The number of fused-ring (bicyclic) bond motifs is 1. The first kappa shape index (κ1) is 23.5. The molecular formula is C26H26N2O5S. The largest absolute Gasteiger partial charge is 0.497 e. The lowest BCUT2D eigenvalue weighted by atomic mass is 10.1. The molecule has 4 rings (SSSR count). The van der Waals surface area contributed by atoms with Crippen LogP contribution in [0.4, 0.5) is 0 Å². The number of aromatic nitrogens is 1. The standard InChI is InChI=1S/C26H26N2O5S/c1-3-33-23-13-14-25-20(16-23)15-21(26(29)27-25)18-28(17-19-9-11-22(32-2)12-10-19)34(30,31)24-7-5-4-6-8-24/h4-16H,3,17-18H2,1-2H3,(H,27,29). The SMILES string of the molecule is CCOc1ccc2[nH]c(=O)c(CN(Cc3ccc(OC)cc3)S(=O)(=O)c3ccccc3)cc2c1. The number of nitrogens with zero attached hydrogens (tertiary/aromatic N) is 1. The van der Waals surface area contributed by atoms with Crippen molar-refractivity contribution in [2.45, 2.75) is 24.9 Å². The monoisotopic (exact) mass is 478 g/mol. The summed E-state index contributed by atoms with van der Waals surface area (Å²) in [5, 5.41) is 0.766. The second-order valence-corrected chi connectivity index (χ2v) is 9.68. The normalized spacial score (nSPS) is 11.6. The Balaban J connectivity index is 1.74. The lowest BCUT2D eigenvalue weighted by molar-refractivity contribution is 0.340. The van der Waals surface area contributed by atoms with Crippen LogP contribution in [-0.4, -0.2) is 31.4 Å². The molecule has 7 nitrogen and oxygen atoms in total. The Morgan fingerprint density at radius 2 is 1.59 bits per heavy atom. The van der Waals surface area contributed by atoms with Crippen LogP contribution in [0.5, 0.6) is 11.5 Å². The lowest BCUT2D eigenvalue weighted by Gasteiger charge is -2.22. The maximum Gasteiger partial charge on any atom is 0.252 e. The van der Waals surface area contributed by atoms with Crippen LogP contribution >= 0.6 is 0 Å². The highest BCUT2D eigenvalue weighted by Gasteiger charge is 2.26. The van der Waals surface area contributed by atoms with Gasteiger partial charge in [-0.2, -0.15) is 4.31 Å². The number of ether oxygens (including phenoxy) is 2. The van der Waals surface area contributed by atoms with Crippen LogP contribution in [0.15, 0.2) is 88.6 Å². The third kappa shape index (κ3) is 5.13. The van der Waals surface area contributed by atoms with Gasteiger partial charge in [0.2, 0.25) is 10.0 Å². The van der Waals surface area contributed by atoms with Crippen LogP contribution in [-0.2, 0) is 23.1 Å². The number of benzene rings is 3. The van der Waals surface area contributed by atoms with E-state index in [0.717, 1.165) is 10.9 Å². The van der Waals surface area contributed by atoms with E-state index in [1.165, 1.54) is 4.31 Å². The molecule has 1 heterocycles. The zero-order valence-corrected chi connectivity index (χ0v) is 19.8. The van der Waals surface area contributed by atoms with Crippen molar-refractivity contribution in [3.8, 4) is 11.5 Å². The molecule has 0 fully saturated rings. The van der Waals surface area contributed by atoms with Gasteiger partial charge in [0.25, 0.3) is 5.56 Å². The summed E-state index contributed by atoms with van der Waals surface area (Å²) in [4.78, 5) is 15.9. The number of rotatable bonds is 9. The van der Waals surface area contributed by atoms with Gasteiger partial charge in [-0.3, -0.25) is 4.79 Å². The summed E-state index contributed by atoms with van der Waals surface area (Å²) < 4.78 is 39.2. The van der Waals surface area contributed by atoms with E-state index in [2.05, 4.69) is 4.98 Å². The average molecular weight is 479 g/mol. The Morgan fingerprint density at radius 1 is 0.882 bits per heavy atom. The highest BCUT2D eigenvalue weighted by molar-refractivity contribution is 7.89. The molecule has 0 amide bonds. The van der Waals surface area contributed by atoms with Crippen LogP contribution < -0.4 is 15.0 Å². The van der Waals surface area contributed by atoms with E-state index in [1.807, 2.05) is 25.1 Å². The van der Waals surface area contributed by atoms with Crippen molar-refractivity contribution in [2.24, 2.45) is 0 Å². The first-order chi connectivity index (χ1) is 16.4. The Morgan fingerprint density at radius 3 is 2.26 bits per heavy atom. The van der Waals surface area contributed by atoms with Crippen molar-refractivity contribution in [1.82, 2.24) is 9.29 Å². The van der Waals surface area contributed by atoms with Crippen LogP contribution in [0.1, 0.15) is 18.1 Å². The molecule has 34 heavy (non-hydrogen) atoms. The Bertz CT molecular complexity index is 1430. The van der Waals surface area contributed by atoms with Gasteiger partial charge in [-0.1, -0.05) is 30.3 Å². The molecule has 0 bridgehead atoms. The van der Waals surface area contributed by atoms with Crippen molar-refractivity contribution in [1.29, 1.82) is 0 Å². The van der Waals surface area contributed by atoms with Crippen molar-refractivity contribution >= 4 is 20.9 Å². The van der Waals surface area contributed by atoms with Crippen molar-refractivity contribution in [2.75, 3.05) is 13.7 Å². The number of H-pyrrole nitrogens is 1. The molecule has 1 N–H and O–H groups in total. The fourth-order valence-corrected chi connectivity index (χ4v) is 5.12. The van der Waals surface area contributed by atoms with Crippen LogP contribution in [0.3, 0.4) is 0 Å². The zero-order valence-electron chi connectivity index (χ0n) is 19.0. The van der Waals surface area contributed by atoms with E-state index in [-0.39, 0.29) is 23.5 Å². The first-order valence-electron chi connectivity index (χ1n) is 10.9. The fourth-order valence-electron chi connectivity index (χ4n) is 3.70. The van der Waals surface area contributed by atoms with E-state index in [9.17, 15) is 13.2 Å². The number of methoxy groups -OCH3 is 1. The Labute approximate surface area is 198 Å². The fraction of sp³-hybridized carbons (Fsp3) is 0.192. The van der Waals surface area contributed by atoms with Crippen LogP contribution in [0.2, 0.25) is 0 Å². The Hall–Kier alpha value is -3.62. The molecule has 0 aliphatic heterocycles. The summed E-state index contributed by atoms with van der Waals surface area (Å²) in [5.74, 6) is 1.36. The summed E-state index contributed by atoms with van der Waals surface area (Å²) in [5.41, 5.74) is 1.44. The molecule has 4 aromatic rings. The van der Waals surface area contributed by atoms with Gasteiger partial charge >= 0.3 is 0 Å². The number of nitrogens with one attached hydrogen (secondary N) is 1.